The van der Waals surface area contributed by atoms with Gasteiger partial charge in [0.2, 0.25) is 0 Å². The maximum absolute atomic E-state index is 11.9. The number of rotatable bonds is 4. The summed E-state index contributed by atoms with van der Waals surface area (Å²) < 4.78 is 2.72. The average Bonchev–Trinajstić information content (AvgIpc) is 3.06. The number of fused-ring (bicyclic) bond motifs is 1. The molecule has 1 aromatic carbocycles. The summed E-state index contributed by atoms with van der Waals surface area (Å²) in [6, 6.07) is 6.15. The van der Waals surface area contributed by atoms with Crippen LogP contribution in [0.5, 0.6) is 0 Å². The van der Waals surface area contributed by atoms with Crippen LogP contribution in [0.3, 0.4) is 0 Å². The number of hydrazine groups is 1. The number of carboxylic acid groups (broad SMARTS) is 1. The third kappa shape index (κ3) is 3.53. The van der Waals surface area contributed by atoms with Crippen molar-refractivity contribution in [2.75, 3.05) is 13.1 Å². The Morgan fingerprint density at radius 1 is 1.14 bits per heavy atom. The molecule has 0 spiro atoms. The van der Waals surface area contributed by atoms with Gasteiger partial charge < -0.3 is 5.11 Å². The maximum Gasteiger partial charge on any atom is 0.339 e. The van der Waals surface area contributed by atoms with Gasteiger partial charge >= 0.3 is 12.0 Å². The van der Waals surface area contributed by atoms with Crippen molar-refractivity contribution in [1.82, 2.24) is 15.2 Å². The van der Waals surface area contributed by atoms with E-state index in [1.165, 1.54) is 43.3 Å². The van der Waals surface area contributed by atoms with Crippen molar-refractivity contribution in [2.45, 2.75) is 24.2 Å². The second kappa shape index (κ2) is 6.58. The van der Waals surface area contributed by atoms with Crippen LogP contribution in [0.15, 0.2) is 29.2 Å². The zero-order valence-electron chi connectivity index (χ0n) is 12.1. The number of hydrogen-bond donors (Lipinski definition) is 3. The highest BCUT2D eigenvalue weighted by Gasteiger charge is 2.36. The largest absolute Gasteiger partial charge is 0.478 e. The molecule has 22 heavy (non-hydrogen) atoms. The van der Waals surface area contributed by atoms with Crippen LogP contribution in [-0.2, 0) is 0 Å². The Bertz CT molecular complexity index is 552. The van der Waals surface area contributed by atoms with Gasteiger partial charge in [-0.05, 0) is 60.9 Å². The van der Waals surface area contributed by atoms with Crippen LogP contribution < -0.4 is 10.1 Å². The molecular weight excluding hydrogens is 302 g/mol. The highest BCUT2D eigenvalue weighted by Crippen LogP contribution is 2.36. The molecule has 0 bridgehead atoms. The van der Waals surface area contributed by atoms with E-state index in [-0.39, 0.29) is 11.6 Å². The van der Waals surface area contributed by atoms with Crippen LogP contribution in [0.1, 0.15) is 29.6 Å². The Balaban J connectivity index is 1.43. The normalized spacial score (nSPS) is 24.0. The molecule has 3 rings (SSSR count). The number of nitrogens with one attached hydrogen (secondary N) is 2. The topological polar surface area (TPSA) is 81.7 Å². The molecule has 3 N–H and O–H groups in total. The summed E-state index contributed by atoms with van der Waals surface area (Å²) in [6.07, 6.45) is 3.86. The van der Waals surface area contributed by atoms with Crippen molar-refractivity contribution in [3.05, 3.63) is 29.8 Å². The molecule has 1 aliphatic carbocycles. The van der Waals surface area contributed by atoms with E-state index in [0.717, 1.165) is 29.8 Å². The lowest BCUT2D eigenvalue weighted by atomic mass is 10.0. The monoisotopic (exact) mass is 321 g/mol. The zero-order valence-corrected chi connectivity index (χ0v) is 12.9. The van der Waals surface area contributed by atoms with Crippen LogP contribution in [0.25, 0.3) is 0 Å². The molecule has 1 heterocycles. The lowest BCUT2D eigenvalue weighted by Crippen LogP contribution is -2.44. The number of carbonyl (C=O) groups is 2. The number of carbonyl (C=O) groups excluding carboxylic acids is 1. The average molecular weight is 321 g/mol. The van der Waals surface area contributed by atoms with Crippen LogP contribution in [0, 0.1) is 11.8 Å². The van der Waals surface area contributed by atoms with E-state index in [1.54, 1.807) is 12.1 Å². The number of amides is 2. The summed E-state index contributed by atoms with van der Waals surface area (Å²) in [7, 11) is 0. The highest BCUT2D eigenvalue weighted by atomic mass is 32.2. The van der Waals surface area contributed by atoms with Gasteiger partial charge in [0.15, 0.2) is 0 Å². The second-order valence-corrected chi connectivity index (χ2v) is 6.71. The molecule has 2 atom stereocenters. The molecule has 1 aromatic rings. The van der Waals surface area contributed by atoms with Crippen LogP contribution >= 0.6 is 11.9 Å². The summed E-state index contributed by atoms with van der Waals surface area (Å²) in [4.78, 5) is 23.4. The molecular formula is C15H19N3O3S. The first-order chi connectivity index (χ1) is 10.6. The van der Waals surface area contributed by atoms with Crippen molar-refractivity contribution >= 4 is 23.9 Å². The molecule has 7 heteroatoms. The minimum absolute atomic E-state index is 0.234. The highest BCUT2D eigenvalue weighted by molar-refractivity contribution is 7.98. The number of aromatic carboxylic acids is 1. The van der Waals surface area contributed by atoms with Crippen molar-refractivity contribution < 1.29 is 14.7 Å². The first-order valence-electron chi connectivity index (χ1n) is 7.43. The molecule has 118 valence electrons. The first-order valence-corrected chi connectivity index (χ1v) is 8.25. The standard InChI is InChI=1S/C15H19N3O3S/c19-14(20)10-4-6-13(7-5-10)22-17-15(21)16-18-8-11-2-1-3-12(11)9-18/h4-7,11-12H,1-3,8-9H2,(H,19,20)(H2,16,17,21). The minimum Gasteiger partial charge on any atom is -0.478 e. The van der Waals surface area contributed by atoms with Gasteiger partial charge in [-0.15, -0.1) is 0 Å². The molecule has 2 fully saturated rings. The van der Waals surface area contributed by atoms with E-state index in [2.05, 4.69) is 10.1 Å². The first kappa shape index (κ1) is 15.2. The maximum atomic E-state index is 11.9. The molecule has 6 nitrogen and oxygen atoms in total. The van der Waals surface area contributed by atoms with Crippen molar-refractivity contribution in [2.24, 2.45) is 11.8 Å². The van der Waals surface area contributed by atoms with Gasteiger partial charge in [0.05, 0.1) is 5.56 Å². The quantitative estimate of drug-likeness (QED) is 0.742. The summed E-state index contributed by atoms with van der Waals surface area (Å²) in [5.74, 6) is 0.509. The lowest BCUT2D eigenvalue weighted by Gasteiger charge is -2.18. The van der Waals surface area contributed by atoms with E-state index in [1.807, 2.05) is 5.01 Å². The fourth-order valence-corrected chi connectivity index (χ4v) is 3.79. The zero-order chi connectivity index (χ0) is 15.5. The molecule has 1 saturated heterocycles. The van der Waals surface area contributed by atoms with Gasteiger partial charge in [-0.25, -0.2) is 14.6 Å². The van der Waals surface area contributed by atoms with E-state index in [9.17, 15) is 9.59 Å². The Labute approximate surface area is 133 Å². The molecule has 2 unspecified atom stereocenters. The van der Waals surface area contributed by atoms with Crippen LogP contribution in [0.4, 0.5) is 4.79 Å². The third-order valence-corrected chi connectivity index (χ3v) is 5.14. The summed E-state index contributed by atoms with van der Waals surface area (Å²) >= 11 is 1.17. The SMILES string of the molecule is O=C(NSc1ccc(C(=O)O)cc1)NN1CC2CCCC2C1. The van der Waals surface area contributed by atoms with Crippen molar-refractivity contribution in [3.63, 3.8) is 0 Å². The lowest BCUT2D eigenvalue weighted by molar-refractivity contribution is 0.0696. The fourth-order valence-electron chi connectivity index (χ4n) is 3.26. The number of carboxylic acids is 1. The smallest absolute Gasteiger partial charge is 0.339 e. The van der Waals surface area contributed by atoms with Gasteiger partial charge in [0.1, 0.15) is 0 Å². The van der Waals surface area contributed by atoms with E-state index in [4.69, 9.17) is 5.11 Å². The van der Waals surface area contributed by atoms with Gasteiger partial charge in [0, 0.05) is 18.0 Å². The molecule has 1 aliphatic heterocycles. The summed E-state index contributed by atoms with van der Waals surface area (Å²) in [5.41, 5.74) is 3.11. The second-order valence-electron chi connectivity index (χ2n) is 5.83. The number of nitrogens with zero attached hydrogens (tertiary/aromatic N) is 1. The molecule has 0 aromatic heterocycles. The van der Waals surface area contributed by atoms with Crippen molar-refractivity contribution in [3.8, 4) is 0 Å². The summed E-state index contributed by atoms with van der Waals surface area (Å²) in [5, 5.41) is 10.8. The third-order valence-electron chi connectivity index (χ3n) is 4.35. The van der Waals surface area contributed by atoms with Crippen molar-refractivity contribution in [1.29, 1.82) is 0 Å². The molecule has 0 radical (unpaired) electrons. The molecule has 2 amide bonds. The van der Waals surface area contributed by atoms with Gasteiger partial charge in [0.25, 0.3) is 0 Å². The Kier molecular flexibility index (Phi) is 4.54. The van der Waals surface area contributed by atoms with E-state index >= 15 is 0 Å². The molecule has 2 aliphatic rings. The van der Waals surface area contributed by atoms with Gasteiger partial charge in [-0.2, -0.15) is 0 Å². The number of urea groups is 1. The van der Waals surface area contributed by atoms with Gasteiger partial charge in [-0.3, -0.25) is 10.1 Å². The predicted molar refractivity (Wildman–Crippen MR) is 83.3 cm³/mol. The van der Waals surface area contributed by atoms with Crippen LogP contribution in [-0.4, -0.2) is 35.2 Å². The molecule has 1 saturated carbocycles. The van der Waals surface area contributed by atoms with E-state index < -0.39 is 5.97 Å². The number of hydrogen-bond acceptors (Lipinski definition) is 4. The summed E-state index contributed by atoms with van der Waals surface area (Å²) in [6.45, 7) is 1.88. The number of benzene rings is 1. The minimum atomic E-state index is -0.957. The fraction of sp³-hybridized carbons (Fsp3) is 0.467. The van der Waals surface area contributed by atoms with Gasteiger partial charge in [-0.1, -0.05) is 6.42 Å². The van der Waals surface area contributed by atoms with E-state index in [0.29, 0.717) is 0 Å². The Morgan fingerprint density at radius 2 is 1.77 bits per heavy atom. The predicted octanol–water partition coefficient (Wildman–Crippen LogP) is 2.34. The Hall–Kier alpha value is -1.73. The Morgan fingerprint density at radius 3 is 2.36 bits per heavy atom. The van der Waals surface area contributed by atoms with Crippen LogP contribution in [0.2, 0.25) is 0 Å².